The van der Waals surface area contributed by atoms with Gasteiger partial charge in [0, 0.05) is 19.2 Å². The van der Waals surface area contributed by atoms with Crippen molar-refractivity contribution >= 4 is 54.8 Å². The Morgan fingerprint density at radius 3 is 2.38 bits per heavy atom. The summed E-state index contributed by atoms with van der Waals surface area (Å²) < 4.78 is 29.9. The van der Waals surface area contributed by atoms with Crippen molar-refractivity contribution < 1.29 is 13.2 Å². The molecule has 4 aromatic rings. The predicted octanol–water partition coefficient (Wildman–Crippen LogP) is 4.94. The largest absolute Gasteiger partial charge is 0.315 e. The van der Waals surface area contributed by atoms with Crippen LogP contribution in [0.2, 0.25) is 5.02 Å². The number of carbonyl (C=O) groups excluding carboxylic acids is 1. The van der Waals surface area contributed by atoms with Gasteiger partial charge in [0.2, 0.25) is 0 Å². The van der Waals surface area contributed by atoms with E-state index < -0.39 is 15.9 Å². The van der Waals surface area contributed by atoms with Crippen LogP contribution in [-0.2, 0) is 16.6 Å². The summed E-state index contributed by atoms with van der Waals surface area (Å²) in [5.74, 6) is -0.449. The van der Waals surface area contributed by atoms with Crippen LogP contribution in [0.4, 0.5) is 5.69 Å². The number of amides is 1. The zero-order valence-electron chi connectivity index (χ0n) is 17.4. The van der Waals surface area contributed by atoms with Gasteiger partial charge in [-0.05, 0) is 55.5 Å². The van der Waals surface area contributed by atoms with Crippen LogP contribution in [0.3, 0.4) is 0 Å². The van der Waals surface area contributed by atoms with Crippen molar-refractivity contribution in [2.24, 2.45) is 4.99 Å². The number of sulfonamides is 1. The Labute approximate surface area is 195 Å². The van der Waals surface area contributed by atoms with Crippen molar-refractivity contribution in [3.63, 3.8) is 0 Å². The highest BCUT2D eigenvalue weighted by atomic mass is 35.5. The lowest BCUT2D eigenvalue weighted by Gasteiger charge is -2.19. The second-order valence-electron chi connectivity index (χ2n) is 6.96. The molecule has 0 N–H and O–H groups in total. The van der Waals surface area contributed by atoms with Crippen molar-refractivity contribution in [3.8, 4) is 0 Å². The molecule has 0 saturated heterocycles. The highest BCUT2D eigenvalue weighted by molar-refractivity contribution is 7.92. The maximum Gasteiger partial charge on any atom is 0.279 e. The van der Waals surface area contributed by atoms with Crippen LogP contribution in [-0.4, -0.2) is 25.9 Å². The first-order chi connectivity index (χ1) is 15.3. The Morgan fingerprint density at radius 1 is 1.03 bits per heavy atom. The molecular weight excluding hydrogens is 466 g/mol. The number of hydrogen-bond acceptors (Lipinski definition) is 4. The number of nitrogens with zero attached hydrogens (tertiary/aromatic N) is 3. The van der Waals surface area contributed by atoms with Crippen molar-refractivity contribution in [1.29, 1.82) is 0 Å². The average molecular weight is 486 g/mol. The molecule has 0 aliphatic carbocycles. The Morgan fingerprint density at radius 2 is 1.72 bits per heavy atom. The molecule has 3 aromatic carbocycles. The molecule has 164 valence electrons. The molecule has 1 heterocycles. The van der Waals surface area contributed by atoms with E-state index in [0.717, 1.165) is 10.2 Å². The minimum atomic E-state index is -3.75. The first-order valence-electron chi connectivity index (χ1n) is 9.84. The van der Waals surface area contributed by atoms with Crippen LogP contribution >= 0.6 is 22.9 Å². The summed E-state index contributed by atoms with van der Waals surface area (Å²) in [6, 6.07) is 20.2. The molecule has 0 unspecified atom stereocenters. The number of halogens is 1. The molecule has 32 heavy (non-hydrogen) atoms. The number of anilines is 1. The minimum Gasteiger partial charge on any atom is -0.315 e. The molecule has 0 fully saturated rings. The van der Waals surface area contributed by atoms with Crippen LogP contribution in [0.25, 0.3) is 10.2 Å². The quantitative estimate of drug-likeness (QED) is 0.402. The fraction of sp³-hybridized carbons (Fsp3) is 0.130. The predicted molar refractivity (Wildman–Crippen MR) is 129 cm³/mol. The SMILES string of the molecule is CCn1c(=NC(=O)c2ccc(S(=O)(=O)N(C)c3ccccc3)cc2)sc2cccc(Cl)c21. The molecule has 1 amide bonds. The van der Waals surface area contributed by atoms with Gasteiger partial charge in [0.1, 0.15) is 0 Å². The van der Waals surface area contributed by atoms with Crippen LogP contribution in [0.1, 0.15) is 17.3 Å². The number of thiazole rings is 1. The van der Waals surface area contributed by atoms with Crippen LogP contribution < -0.4 is 9.11 Å². The lowest BCUT2D eigenvalue weighted by molar-refractivity contribution is 0.0997. The van der Waals surface area contributed by atoms with Crippen molar-refractivity contribution in [2.45, 2.75) is 18.4 Å². The van der Waals surface area contributed by atoms with E-state index in [9.17, 15) is 13.2 Å². The first kappa shape index (κ1) is 22.3. The summed E-state index contributed by atoms with van der Waals surface area (Å²) >= 11 is 7.72. The van der Waals surface area contributed by atoms with Gasteiger partial charge in [-0.25, -0.2) is 8.42 Å². The normalized spacial score (nSPS) is 12.3. The third kappa shape index (κ3) is 4.09. The zero-order chi connectivity index (χ0) is 22.9. The fourth-order valence-electron chi connectivity index (χ4n) is 3.32. The summed E-state index contributed by atoms with van der Waals surface area (Å²) in [4.78, 5) is 17.7. The van der Waals surface area contributed by atoms with Gasteiger partial charge in [0.15, 0.2) is 4.80 Å². The highest BCUT2D eigenvalue weighted by Gasteiger charge is 2.21. The summed E-state index contributed by atoms with van der Waals surface area (Å²) in [5.41, 5.74) is 1.70. The van der Waals surface area contributed by atoms with Crippen molar-refractivity contribution in [3.05, 3.63) is 88.2 Å². The number of fused-ring (bicyclic) bond motifs is 1. The number of aromatic nitrogens is 1. The van der Waals surface area contributed by atoms with Gasteiger partial charge in [0.05, 0.1) is 25.8 Å². The van der Waals surface area contributed by atoms with Gasteiger partial charge in [-0.3, -0.25) is 9.10 Å². The van der Waals surface area contributed by atoms with Gasteiger partial charge in [0.25, 0.3) is 15.9 Å². The van der Waals surface area contributed by atoms with Crippen LogP contribution in [0.15, 0.2) is 82.7 Å². The molecular formula is C23H20ClN3O3S2. The Balaban J connectivity index is 1.66. The fourth-order valence-corrected chi connectivity index (χ4v) is 5.97. The molecule has 6 nitrogen and oxygen atoms in total. The van der Waals surface area contributed by atoms with Crippen molar-refractivity contribution in [1.82, 2.24) is 4.57 Å². The van der Waals surface area contributed by atoms with E-state index in [1.165, 1.54) is 47.0 Å². The number of benzene rings is 3. The topological polar surface area (TPSA) is 71.7 Å². The summed E-state index contributed by atoms with van der Waals surface area (Å²) in [6.45, 7) is 2.57. The third-order valence-corrected chi connectivity index (χ3v) is 8.19. The molecule has 0 aliphatic heterocycles. The van der Waals surface area contributed by atoms with Gasteiger partial charge >= 0.3 is 0 Å². The molecule has 0 bridgehead atoms. The molecule has 1 aromatic heterocycles. The lowest BCUT2D eigenvalue weighted by Crippen LogP contribution is -2.26. The average Bonchev–Trinajstić information content (AvgIpc) is 3.17. The first-order valence-corrected chi connectivity index (χ1v) is 12.5. The Hall–Kier alpha value is -2.94. The molecule has 0 saturated carbocycles. The van der Waals surface area contributed by atoms with E-state index in [1.807, 2.05) is 29.7 Å². The third-order valence-electron chi connectivity index (χ3n) is 5.04. The van der Waals surface area contributed by atoms with Crippen molar-refractivity contribution in [2.75, 3.05) is 11.4 Å². The second kappa shape index (κ2) is 8.90. The molecule has 0 aliphatic rings. The van der Waals surface area contributed by atoms with Gasteiger partial charge in [-0.15, -0.1) is 0 Å². The summed E-state index contributed by atoms with van der Waals surface area (Å²) in [5, 5.41) is 0.603. The smallest absolute Gasteiger partial charge is 0.279 e. The van der Waals surface area contributed by atoms with E-state index in [-0.39, 0.29) is 4.90 Å². The Bertz CT molecular complexity index is 1460. The van der Waals surface area contributed by atoms with Crippen LogP contribution in [0.5, 0.6) is 0 Å². The number of hydrogen-bond donors (Lipinski definition) is 0. The molecule has 9 heteroatoms. The number of aryl methyl sites for hydroxylation is 1. The van der Waals surface area contributed by atoms with E-state index in [4.69, 9.17) is 11.6 Å². The van der Waals surface area contributed by atoms with E-state index in [1.54, 1.807) is 30.3 Å². The Kier molecular flexibility index (Phi) is 6.19. The maximum atomic E-state index is 12.9. The second-order valence-corrected chi connectivity index (χ2v) is 10.4. The van der Waals surface area contributed by atoms with Gasteiger partial charge < -0.3 is 4.57 Å². The summed E-state index contributed by atoms with van der Waals surface area (Å²) in [7, 11) is -2.26. The number of rotatable bonds is 5. The molecule has 0 atom stereocenters. The molecule has 4 rings (SSSR count). The summed E-state index contributed by atoms with van der Waals surface area (Å²) in [6.07, 6.45) is 0. The molecule has 0 radical (unpaired) electrons. The van der Waals surface area contributed by atoms with E-state index in [2.05, 4.69) is 4.99 Å². The minimum absolute atomic E-state index is 0.0951. The molecule has 0 spiro atoms. The number of para-hydroxylation sites is 2. The number of carbonyl (C=O) groups is 1. The van der Waals surface area contributed by atoms with E-state index >= 15 is 0 Å². The highest BCUT2D eigenvalue weighted by Crippen LogP contribution is 2.25. The standard InChI is InChI=1S/C23H20ClN3O3S2/c1-3-27-21-19(24)10-7-11-20(21)31-23(27)25-22(28)16-12-14-18(15-13-16)32(29,30)26(2)17-8-5-4-6-9-17/h4-15H,3H2,1-2H3. The maximum absolute atomic E-state index is 12.9. The monoisotopic (exact) mass is 485 g/mol. The van der Waals surface area contributed by atoms with E-state index in [0.29, 0.717) is 27.6 Å². The lowest BCUT2D eigenvalue weighted by atomic mass is 10.2. The zero-order valence-corrected chi connectivity index (χ0v) is 19.8. The van der Waals surface area contributed by atoms with Gasteiger partial charge in [-0.1, -0.05) is 47.2 Å². The van der Waals surface area contributed by atoms with Crippen LogP contribution in [0, 0.1) is 0 Å². The van der Waals surface area contributed by atoms with Gasteiger partial charge in [-0.2, -0.15) is 4.99 Å².